The second-order valence-corrected chi connectivity index (χ2v) is 12.0. The molecule has 5 rings (SSSR count). The van der Waals surface area contributed by atoms with Crippen LogP contribution >= 0.6 is 34.0 Å². The Morgan fingerprint density at radius 1 is 0.486 bits per heavy atom. The van der Waals surface area contributed by atoms with Gasteiger partial charge in [-0.1, -0.05) is 12.2 Å². The van der Waals surface area contributed by atoms with Gasteiger partial charge in [0.1, 0.15) is 35.4 Å². The number of rotatable bonds is 4. The fourth-order valence-electron chi connectivity index (χ4n) is 4.66. The molecule has 0 spiro atoms. The second-order valence-electron chi connectivity index (χ2n) is 8.79. The molecule has 0 saturated carbocycles. The molecule has 0 radical (unpaired) electrons. The van der Waals surface area contributed by atoms with Gasteiger partial charge in [0.2, 0.25) is 0 Å². The largest absolute Gasteiger partial charge is 0.192 e. The van der Waals surface area contributed by atoms with Gasteiger partial charge in [-0.3, -0.25) is 0 Å². The lowest BCUT2D eigenvalue weighted by Crippen LogP contribution is -1.95. The fourth-order valence-corrected chi connectivity index (χ4v) is 7.94. The molecule has 0 amide bonds. The Morgan fingerprint density at radius 3 is 1.16 bits per heavy atom. The van der Waals surface area contributed by atoms with Crippen molar-refractivity contribution >= 4 is 45.2 Å². The number of thiophene rings is 3. The van der Waals surface area contributed by atoms with Crippen LogP contribution in [0.25, 0.3) is 30.7 Å². The van der Waals surface area contributed by atoms with Gasteiger partial charge in [0.25, 0.3) is 0 Å². The molecule has 0 aliphatic heterocycles. The van der Waals surface area contributed by atoms with E-state index in [2.05, 4.69) is 36.4 Å². The summed E-state index contributed by atoms with van der Waals surface area (Å²) in [7, 11) is 0. The molecular weight excluding hydrogens is 513 g/mol. The predicted molar refractivity (Wildman–Crippen MR) is 151 cm³/mol. The Labute approximate surface area is 228 Å². The van der Waals surface area contributed by atoms with Crippen molar-refractivity contribution in [3.8, 4) is 43.8 Å². The number of nitriles is 4. The van der Waals surface area contributed by atoms with Gasteiger partial charge in [0.15, 0.2) is 0 Å². The Morgan fingerprint density at radius 2 is 0.811 bits per heavy atom. The summed E-state index contributed by atoms with van der Waals surface area (Å²) < 4.78 is 0. The van der Waals surface area contributed by atoms with E-state index in [1.54, 1.807) is 34.0 Å². The normalized spacial score (nSPS) is 15.0. The summed E-state index contributed by atoms with van der Waals surface area (Å²) in [5.74, 6) is 0. The molecule has 37 heavy (non-hydrogen) atoms. The van der Waals surface area contributed by atoms with E-state index in [0.29, 0.717) is 0 Å². The maximum Gasteiger partial charge on any atom is 0.132 e. The van der Waals surface area contributed by atoms with Crippen LogP contribution < -0.4 is 0 Å². The molecule has 4 nitrogen and oxygen atoms in total. The van der Waals surface area contributed by atoms with Crippen LogP contribution in [0, 0.1) is 45.3 Å². The van der Waals surface area contributed by atoms with Crippen molar-refractivity contribution in [1.82, 2.24) is 0 Å². The first-order chi connectivity index (χ1) is 18.1. The van der Waals surface area contributed by atoms with Crippen molar-refractivity contribution < 1.29 is 0 Å². The minimum atomic E-state index is 0.221. The van der Waals surface area contributed by atoms with Crippen LogP contribution in [-0.4, -0.2) is 0 Å². The lowest BCUT2D eigenvalue weighted by atomic mass is 9.92. The molecule has 2 aliphatic rings. The lowest BCUT2D eigenvalue weighted by Gasteiger charge is -2.14. The van der Waals surface area contributed by atoms with Crippen LogP contribution in [0.3, 0.4) is 0 Å². The summed E-state index contributed by atoms with van der Waals surface area (Å²) in [6.45, 7) is 0. The summed E-state index contributed by atoms with van der Waals surface area (Å²) in [6.07, 6.45) is 9.44. The third-order valence-corrected chi connectivity index (χ3v) is 10.3. The Kier molecular flexibility index (Phi) is 7.32. The average Bonchev–Trinajstić information content (AvgIpc) is 3.71. The smallest absolute Gasteiger partial charge is 0.132 e. The molecule has 2 aliphatic carbocycles. The maximum atomic E-state index is 9.23. The van der Waals surface area contributed by atoms with E-state index in [1.165, 1.54) is 40.4 Å². The monoisotopic (exact) mass is 532 g/mol. The SMILES string of the molecule is N#CC(C#N)=C1C=C(c2ccc(-c3ccc(-c4ccc(C5=CC(=C(C#N)C#N)CCC5)s4)s3)s2)CCC1. The topological polar surface area (TPSA) is 95.2 Å². The first-order valence-corrected chi connectivity index (χ1v) is 14.4. The number of hydrogen-bond donors (Lipinski definition) is 0. The van der Waals surface area contributed by atoms with Gasteiger partial charge in [-0.15, -0.1) is 34.0 Å². The molecule has 178 valence electrons. The molecular formula is C30H20N4S3. The van der Waals surface area contributed by atoms with Crippen molar-refractivity contribution in [3.63, 3.8) is 0 Å². The highest BCUT2D eigenvalue weighted by Gasteiger charge is 2.18. The summed E-state index contributed by atoms with van der Waals surface area (Å²) in [5.41, 5.74) is 4.54. The standard InChI is InChI=1S/C30H20N4S3/c31-15-23(16-32)19-3-1-5-21(13-19)25-7-9-27(35-25)29-11-12-30(37-29)28-10-8-26(36-28)22-6-2-4-20(14-22)24(17-33)18-34/h7-14H,1-6H2. The van der Waals surface area contributed by atoms with Gasteiger partial charge in [0, 0.05) is 29.3 Å². The van der Waals surface area contributed by atoms with Crippen molar-refractivity contribution in [2.24, 2.45) is 0 Å². The lowest BCUT2D eigenvalue weighted by molar-refractivity contribution is 0.833. The molecule has 3 aromatic heterocycles. The van der Waals surface area contributed by atoms with E-state index < -0.39 is 0 Å². The number of allylic oxidation sites excluding steroid dienone is 8. The molecule has 0 aromatic carbocycles. The molecule has 7 heteroatoms. The van der Waals surface area contributed by atoms with Gasteiger partial charge in [-0.05, 0) is 97.2 Å². The van der Waals surface area contributed by atoms with Crippen molar-refractivity contribution in [1.29, 1.82) is 21.0 Å². The average molecular weight is 533 g/mol. The Bertz CT molecular complexity index is 1520. The van der Waals surface area contributed by atoms with Crippen LogP contribution in [0.5, 0.6) is 0 Å². The second kappa shape index (κ2) is 11.0. The van der Waals surface area contributed by atoms with E-state index in [1.807, 2.05) is 36.4 Å². The first kappa shape index (κ1) is 24.7. The van der Waals surface area contributed by atoms with Gasteiger partial charge < -0.3 is 0 Å². The van der Waals surface area contributed by atoms with Crippen LogP contribution in [-0.2, 0) is 0 Å². The zero-order chi connectivity index (χ0) is 25.8. The minimum absolute atomic E-state index is 0.221. The third kappa shape index (κ3) is 5.13. The zero-order valence-corrected chi connectivity index (χ0v) is 22.3. The first-order valence-electron chi connectivity index (χ1n) is 11.9. The Hall–Kier alpha value is -3.98. The van der Waals surface area contributed by atoms with Crippen molar-refractivity contribution in [2.45, 2.75) is 38.5 Å². The van der Waals surface area contributed by atoms with Crippen LogP contribution in [0.2, 0.25) is 0 Å². The van der Waals surface area contributed by atoms with Crippen LogP contribution in [0.4, 0.5) is 0 Å². The number of hydrogen-bond acceptors (Lipinski definition) is 7. The Balaban J connectivity index is 1.38. The van der Waals surface area contributed by atoms with Gasteiger partial charge in [-0.2, -0.15) is 21.0 Å². The number of nitrogens with zero attached hydrogens (tertiary/aromatic N) is 4. The van der Waals surface area contributed by atoms with E-state index in [9.17, 15) is 21.0 Å². The highest BCUT2D eigenvalue weighted by molar-refractivity contribution is 7.26. The maximum absolute atomic E-state index is 9.23. The van der Waals surface area contributed by atoms with E-state index in [-0.39, 0.29) is 11.1 Å². The molecule has 0 bridgehead atoms. The third-order valence-electron chi connectivity index (χ3n) is 6.51. The zero-order valence-electron chi connectivity index (χ0n) is 19.9. The van der Waals surface area contributed by atoms with E-state index in [0.717, 1.165) is 49.7 Å². The van der Waals surface area contributed by atoms with Crippen LogP contribution in [0.1, 0.15) is 48.3 Å². The highest BCUT2D eigenvalue weighted by atomic mass is 32.1. The molecule has 3 aromatic rings. The molecule has 3 heterocycles. The summed E-state index contributed by atoms with van der Waals surface area (Å²) >= 11 is 5.29. The summed E-state index contributed by atoms with van der Waals surface area (Å²) in [4.78, 5) is 7.25. The summed E-state index contributed by atoms with van der Waals surface area (Å²) in [6, 6.07) is 21.1. The predicted octanol–water partition coefficient (Wildman–Crippen LogP) is 9.03. The summed E-state index contributed by atoms with van der Waals surface area (Å²) in [5, 5.41) is 36.9. The van der Waals surface area contributed by atoms with Gasteiger partial charge in [0.05, 0.1) is 0 Å². The molecule has 0 N–H and O–H groups in total. The minimum Gasteiger partial charge on any atom is -0.192 e. The highest BCUT2D eigenvalue weighted by Crippen LogP contribution is 2.44. The quantitative estimate of drug-likeness (QED) is 0.313. The van der Waals surface area contributed by atoms with Crippen LogP contribution in [0.15, 0.2) is 70.8 Å². The molecule has 0 atom stereocenters. The van der Waals surface area contributed by atoms with E-state index >= 15 is 0 Å². The van der Waals surface area contributed by atoms with E-state index in [4.69, 9.17) is 0 Å². The molecule has 0 fully saturated rings. The van der Waals surface area contributed by atoms with Crippen molar-refractivity contribution in [3.05, 3.63) is 80.6 Å². The molecule has 0 unspecified atom stereocenters. The fraction of sp³-hybridized carbons (Fsp3) is 0.200. The van der Waals surface area contributed by atoms with Crippen molar-refractivity contribution in [2.75, 3.05) is 0 Å². The van der Waals surface area contributed by atoms with Gasteiger partial charge in [-0.25, -0.2) is 0 Å². The van der Waals surface area contributed by atoms with Gasteiger partial charge >= 0.3 is 0 Å². The molecule has 0 saturated heterocycles.